The minimum Gasteiger partial charge on any atom is -0.379 e. The lowest BCUT2D eigenvalue weighted by Gasteiger charge is -2.32. The first-order valence-electron chi connectivity index (χ1n) is 8.68. The third-order valence-corrected chi connectivity index (χ3v) is 4.31. The minimum absolute atomic E-state index is 0.00804. The highest BCUT2D eigenvalue weighted by Gasteiger charge is 2.29. The van der Waals surface area contributed by atoms with Crippen LogP contribution in [0.1, 0.15) is 17.0 Å². The molecule has 1 aliphatic rings. The zero-order valence-corrected chi connectivity index (χ0v) is 15.0. The van der Waals surface area contributed by atoms with Crippen molar-refractivity contribution in [2.45, 2.75) is 18.6 Å². The van der Waals surface area contributed by atoms with Gasteiger partial charge in [0.05, 0.1) is 36.3 Å². The van der Waals surface area contributed by atoms with Crippen LogP contribution < -0.4 is 10.9 Å². The number of benzene rings is 1. The van der Waals surface area contributed by atoms with Crippen LogP contribution in [0.2, 0.25) is 0 Å². The van der Waals surface area contributed by atoms with Crippen LogP contribution in [-0.2, 0) is 9.47 Å². The molecule has 0 aliphatic carbocycles. The second-order valence-corrected chi connectivity index (χ2v) is 6.59. The van der Waals surface area contributed by atoms with Gasteiger partial charge in [-0.1, -0.05) is 12.1 Å². The van der Waals surface area contributed by atoms with E-state index in [-0.39, 0.29) is 23.5 Å². The number of carbonyl (C=O) groups excluding carboxylic acids is 1. The monoisotopic (exact) mass is 360 g/mol. The SMILES string of the molecule is CN(C)CCO[C@@H]1CCOC[C@@H]1NC(=O)c1nc2ccccc2c(=O)[nH]1. The lowest BCUT2D eigenvalue weighted by molar-refractivity contribution is -0.0562. The zero-order valence-electron chi connectivity index (χ0n) is 15.0. The van der Waals surface area contributed by atoms with E-state index in [0.29, 0.717) is 37.1 Å². The van der Waals surface area contributed by atoms with Gasteiger partial charge in [-0.05, 0) is 32.6 Å². The van der Waals surface area contributed by atoms with Crippen LogP contribution in [0.25, 0.3) is 10.9 Å². The van der Waals surface area contributed by atoms with E-state index < -0.39 is 5.91 Å². The number of carbonyl (C=O) groups is 1. The third-order valence-electron chi connectivity index (χ3n) is 4.31. The summed E-state index contributed by atoms with van der Waals surface area (Å²) in [6.45, 7) is 2.35. The zero-order chi connectivity index (χ0) is 18.5. The number of aromatic amines is 1. The molecule has 1 saturated heterocycles. The van der Waals surface area contributed by atoms with Crippen molar-refractivity contribution in [2.24, 2.45) is 0 Å². The van der Waals surface area contributed by atoms with Gasteiger partial charge in [0.1, 0.15) is 0 Å². The largest absolute Gasteiger partial charge is 0.379 e. The normalized spacial score (nSPS) is 20.4. The molecule has 8 heteroatoms. The first-order chi connectivity index (χ1) is 12.5. The highest BCUT2D eigenvalue weighted by atomic mass is 16.5. The van der Waals surface area contributed by atoms with Gasteiger partial charge in [0, 0.05) is 13.2 Å². The van der Waals surface area contributed by atoms with E-state index in [1.165, 1.54) is 0 Å². The third kappa shape index (κ3) is 4.46. The van der Waals surface area contributed by atoms with Crippen molar-refractivity contribution in [2.75, 3.05) is 40.5 Å². The number of amides is 1. The highest BCUT2D eigenvalue weighted by Crippen LogP contribution is 2.13. The smallest absolute Gasteiger partial charge is 0.287 e. The Morgan fingerprint density at radius 1 is 1.42 bits per heavy atom. The van der Waals surface area contributed by atoms with E-state index in [1.54, 1.807) is 24.3 Å². The number of hydrogen-bond acceptors (Lipinski definition) is 6. The van der Waals surface area contributed by atoms with Gasteiger partial charge in [0.2, 0.25) is 0 Å². The van der Waals surface area contributed by atoms with E-state index >= 15 is 0 Å². The molecule has 1 amide bonds. The van der Waals surface area contributed by atoms with E-state index in [9.17, 15) is 9.59 Å². The molecule has 1 aliphatic heterocycles. The summed E-state index contributed by atoms with van der Waals surface area (Å²) in [6.07, 6.45) is 0.583. The fourth-order valence-electron chi connectivity index (χ4n) is 2.87. The molecule has 140 valence electrons. The maximum absolute atomic E-state index is 12.6. The summed E-state index contributed by atoms with van der Waals surface area (Å²) in [7, 11) is 3.96. The lowest BCUT2D eigenvalue weighted by Crippen LogP contribution is -2.51. The Bertz CT molecular complexity index is 820. The number of hydrogen-bond donors (Lipinski definition) is 2. The van der Waals surface area contributed by atoms with Crippen molar-refractivity contribution in [3.8, 4) is 0 Å². The summed E-state index contributed by atoms with van der Waals surface area (Å²) >= 11 is 0. The number of rotatable bonds is 6. The Hall–Kier alpha value is -2.29. The van der Waals surface area contributed by atoms with E-state index in [4.69, 9.17) is 9.47 Å². The summed E-state index contributed by atoms with van der Waals surface area (Å²) in [5.41, 5.74) is 0.152. The quantitative estimate of drug-likeness (QED) is 0.774. The number of fused-ring (bicyclic) bond motifs is 1. The van der Waals surface area contributed by atoms with Crippen molar-refractivity contribution in [3.63, 3.8) is 0 Å². The molecule has 2 aromatic rings. The van der Waals surface area contributed by atoms with E-state index in [2.05, 4.69) is 15.3 Å². The van der Waals surface area contributed by atoms with E-state index in [1.807, 2.05) is 19.0 Å². The Kier molecular flexibility index (Phi) is 5.97. The molecule has 2 N–H and O–H groups in total. The predicted molar refractivity (Wildman–Crippen MR) is 97.3 cm³/mol. The van der Waals surface area contributed by atoms with Crippen molar-refractivity contribution < 1.29 is 14.3 Å². The van der Waals surface area contributed by atoms with Gasteiger partial charge < -0.3 is 24.7 Å². The molecule has 2 heterocycles. The average Bonchev–Trinajstić information content (AvgIpc) is 2.63. The van der Waals surface area contributed by atoms with Gasteiger partial charge in [-0.15, -0.1) is 0 Å². The van der Waals surface area contributed by atoms with Gasteiger partial charge in [-0.25, -0.2) is 4.98 Å². The molecular weight excluding hydrogens is 336 g/mol. The van der Waals surface area contributed by atoms with Crippen LogP contribution in [0.15, 0.2) is 29.1 Å². The van der Waals surface area contributed by atoms with E-state index in [0.717, 1.165) is 6.54 Å². The lowest BCUT2D eigenvalue weighted by atomic mass is 10.1. The highest BCUT2D eigenvalue weighted by molar-refractivity contribution is 5.92. The number of nitrogens with zero attached hydrogens (tertiary/aromatic N) is 2. The summed E-state index contributed by atoms with van der Waals surface area (Å²) in [6, 6.07) is 6.63. The molecule has 1 fully saturated rings. The molecule has 0 saturated carbocycles. The Morgan fingerprint density at radius 3 is 3.04 bits per heavy atom. The van der Waals surface area contributed by atoms with Crippen LogP contribution in [0.3, 0.4) is 0 Å². The number of para-hydroxylation sites is 1. The first kappa shape index (κ1) is 18.5. The summed E-state index contributed by atoms with van der Waals surface area (Å²) in [4.78, 5) is 33.5. The van der Waals surface area contributed by atoms with Crippen molar-refractivity contribution in [1.29, 1.82) is 0 Å². The van der Waals surface area contributed by atoms with Crippen molar-refractivity contribution in [1.82, 2.24) is 20.2 Å². The van der Waals surface area contributed by atoms with Crippen LogP contribution >= 0.6 is 0 Å². The molecule has 1 aromatic carbocycles. The predicted octanol–water partition coefficient (Wildman–Crippen LogP) is 0.389. The molecule has 0 spiro atoms. The molecule has 0 radical (unpaired) electrons. The standard InChI is InChI=1S/C18H24N4O4/c1-22(2)8-10-26-15-7-9-25-11-14(15)20-18(24)16-19-13-6-4-3-5-12(13)17(23)21-16/h3-6,14-15H,7-11H2,1-2H3,(H,20,24)(H,19,21,23)/t14-,15+/m0/s1. The molecule has 2 atom stereocenters. The van der Waals surface area contributed by atoms with Crippen LogP contribution in [0.4, 0.5) is 0 Å². The number of nitrogens with one attached hydrogen (secondary N) is 2. The fourth-order valence-corrected chi connectivity index (χ4v) is 2.87. The molecule has 26 heavy (non-hydrogen) atoms. The second-order valence-electron chi connectivity index (χ2n) is 6.59. The van der Waals surface area contributed by atoms with Gasteiger partial charge >= 0.3 is 0 Å². The number of H-pyrrole nitrogens is 1. The Balaban J connectivity index is 1.70. The van der Waals surface area contributed by atoms with Gasteiger partial charge in [-0.2, -0.15) is 0 Å². The summed E-state index contributed by atoms with van der Waals surface area (Å²) in [5.74, 6) is -0.448. The van der Waals surface area contributed by atoms with Crippen molar-refractivity contribution >= 4 is 16.8 Å². The molecular formula is C18H24N4O4. The topological polar surface area (TPSA) is 96.6 Å². The van der Waals surface area contributed by atoms with Crippen LogP contribution in [-0.4, -0.2) is 73.4 Å². The maximum atomic E-state index is 12.6. The number of likely N-dealkylation sites (N-methyl/N-ethyl adjacent to an activating group) is 1. The molecule has 0 unspecified atom stereocenters. The number of ether oxygens (including phenoxy) is 2. The second kappa shape index (κ2) is 8.39. The fraction of sp³-hybridized carbons (Fsp3) is 0.500. The molecule has 8 nitrogen and oxygen atoms in total. The van der Waals surface area contributed by atoms with Gasteiger partial charge in [-0.3, -0.25) is 9.59 Å². The minimum atomic E-state index is -0.440. The summed E-state index contributed by atoms with van der Waals surface area (Å²) < 4.78 is 11.4. The van der Waals surface area contributed by atoms with Crippen LogP contribution in [0, 0.1) is 0 Å². The van der Waals surface area contributed by atoms with Gasteiger partial charge in [0.25, 0.3) is 11.5 Å². The average molecular weight is 360 g/mol. The molecule has 3 rings (SSSR count). The Labute approximate surface area is 151 Å². The number of aromatic nitrogens is 2. The maximum Gasteiger partial charge on any atom is 0.287 e. The van der Waals surface area contributed by atoms with Crippen molar-refractivity contribution in [3.05, 3.63) is 40.4 Å². The first-order valence-corrected chi connectivity index (χ1v) is 8.68. The molecule has 0 bridgehead atoms. The van der Waals surface area contributed by atoms with Gasteiger partial charge in [0.15, 0.2) is 5.82 Å². The molecule has 1 aromatic heterocycles. The summed E-state index contributed by atoms with van der Waals surface area (Å²) in [5, 5.41) is 3.33. The Morgan fingerprint density at radius 2 is 2.23 bits per heavy atom. The van der Waals surface area contributed by atoms with Crippen LogP contribution in [0.5, 0.6) is 0 Å².